The summed E-state index contributed by atoms with van der Waals surface area (Å²) in [7, 11) is 0. The molecule has 5 heteroatoms. The third kappa shape index (κ3) is 5.25. The Labute approximate surface area is 125 Å². The van der Waals surface area contributed by atoms with Gasteiger partial charge in [-0.3, -0.25) is 0 Å². The van der Waals surface area contributed by atoms with Gasteiger partial charge in [0.2, 0.25) is 0 Å². The summed E-state index contributed by atoms with van der Waals surface area (Å²) in [4.78, 5) is 0. The highest BCUT2D eigenvalue weighted by atomic mass is 19.3. The molecule has 1 rings (SSSR count). The molecule has 0 fully saturated rings. The molecule has 0 aromatic heterocycles. The lowest BCUT2D eigenvalue weighted by Crippen LogP contribution is -2.37. The summed E-state index contributed by atoms with van der Waals surface area (Å²) in [5.74, 6) is 0.163. The fourth-order valence-corrected chi connectivity index (χ4v) is 2.23. The topological polar surface area (TPSA) is 41.5 Å². The van der Waals surface area contributed by atoms with Gasteiger partial charge >= 0.3 is 6.61 Å². The zero-order chi connectivity index (χ0) is 15.9. The molecule has 1 aromatic rings. The summed E-state index contributed by atoms with van der Waals surface area (Å²) in [6.07, 6.45) is 1.77. The van der Waals surface area contributed by atoms with E-state index in [1.54, 1.807) is 12.1 Å². The number of ether oxygens (including phenoxy) is 1. The highest BCUT2D eigenvalue weighted by Crippen LogP contribution is 2.26. The van der Waals surface area contributed by atoms with E-state index in [1.165, 1.54) is 6.07 Å². The van der Waals surface area contributed by atoms with Crippen molar-refractivity contribution < 1.29 is 18.6 Å². The fraction of sp³-hybridized carbons (Fsp3) is 0.625. The van der Waals surface area contributed by atoms with E-state index in [-0.39, 0.29) is 23.8 Å². The van der Waals surface area contributed by atoms with Crippen LogP contribution in [-0.2, 0) is 0 Å². The largest absolute Gasteiger partial charge is 0.435 e. The molecule has 0 saturated heterocycles. The average Bonchev–Trinajstić information content (AvgIpc) is 2.48. The first kappa shape index (κ1) is 17.9. The molecule has 0 spiro atoms. The normalized spacial score (nSPS) is 13.5. The number of nitrogens with one attached hydrogen (secondary N) is 1. The standard InChI is InChI=1S/C16H25F2NO2/c1-4-16(5-2,11-20)10-19-12(3)13-7-6-8-14(9-13)21-15(17)18/h6-9,12,15,19-20H,4-5,10-11H2,1-3H3. The Morgan fingerprint density at radius 3 is 2.48 bits per heavy atom. The number of hydrogen-bond acceptors (Lipinski definition) is 3. The van der Waals surface area contributed by atoms with Gasteiger partial charge < -0.3 is 15.2 Å². The lowest BCUT2D eigenvalue weighted by Gasteiger charge is -2.31. The molecular formula is C16H25F2NO2. The molecule has 0 amide bonds. The molecule has 1 aromatic carbocycles. The quantitative estimate of drug-likeness (QED) is 0.730. The average molecular weight is 301 g/mol. The van der Waals surface area contributed by atoms with Gasteiger partial charge in [-0.1, -0.05) is 26.0 Å². The summed E-state index contributed by atoms with van der Waals surface area (Å²) in [5, 5.41) is 12.9. The first-order valence-electron chi connectivity index (χ1n) is 7.35. The molecular weight excluding hydrogens is 276 g/mol. The lowest BCUT2D eigenvalue weighted by molar-refractivity contribution is -0.0499. The van der Waals surface area contributed by atoms with Crippen LogP contribution >= 0.6 is 0 Å². The molecule has 120 valence electrons. The van der Waals surface area contributed by atoms with Crippen molar-refractivity contribution in [3.05, 3.63) is 29.8 Å². The summed E-state index contributed by atoms with van der Waals surface area (Å²) in [6.45, 7) is 4.08. The second-order valence-electron chi connectivity index (χ2n) is 5.42. The predicted molar refractivity (Wildman–Crippen MR) is 79.6 cm³/mol. The van der Waals surface area contributed by atoms with Gasteiger partial charge in [0.05, 0.1) is 0 Å². The van der Waals surface area contributed by atoms with Crippen LogP contribution in [0.25, 0.3) is 0 Å². The van der Waals surface area contributed by atoms with Crippen molar-refractivity contribution in [1.82, 2.24) is 5.32 Å². The molecule has 0 heterocycles. The van der Waals surface area contributed by atoms with Gasteiger partial charge in [0.1, 0.15) is 5.75 Å². The van der Waals surface area contributed by atoms with Gasteiger partial charge in [0.25, 0.3) is 0 Å². The summed E-state index contributed by atoms with van der Waals surface area (Å²) in [6, 6.07) is 6.69. The van der Waals surface area contributed by atoms with Gasteiger partial charge in [-0.25, -0.2) is 0 Å². The lowest BCUT2D eigenvalue weighted by atomic mass is 9.83. The second-order valence-corrected chi connectivity index (χ2v) is 5.42. The number of alkyl halides is 2. The van der Waals surface area contributed by atoms with E-state index in [1.807, 2.05) is 13.0 Å². The van der Waals surface area contributed by atoms with E-state index < -0.39 is 6.61 Å². The number of aliphatic hydroxyl groups excluding tert-OH is 1. The number of halogens is 2. The summed E-state index contributed by atoms with van der Waals surface area (Å²) in [5.41, 5.74) is 0.748. The van der Waals surface area contributed by atoms with Crippen LogP contribution in [-0.4, -0.2) is 24.9 Å². The first-order valence-corrected chi connectivity index (χ1v) is 7.35. The molecule has 1 atom stereocenters. The Balaban J connectivity index is 2.69. The smallest absolute Gasteiger partial charge is 0.387 e. The van der Waals surface area contributed by atoms with Crippen molar-refractivity contribution in [2.45, 2.75) is 46.3 Å². The van der Waals surface area contributed by atoms with Crippen LogP contribution in [0.5, 0.6) is 5.75 Å². The van der Waals surface area contributed by atoms with Crippen LogP contribution in [0.2, 0.25) is 0 Å². The Kier molecular flexibility index (Phi) is 7.05. The van der Waals surface area contributed by atoms with E-state index in [2.05, 4.69) is 23.9 Å². The monoisotopic (exact) mass is 301 g/mol. The maximum atomic E-state index is 12.2. The van der Waals surface area contributed by atoms with Crippen LogP contribution in [0.1, 0.15) is 45.2 Å². The predicted octanol–water partition coefficient (Wildman–Crippen LogP) is 3.74. The van der Waals surface area contributed by atoms with E-state index >= 15 is 0 Å². The van der Waals surface area contributed by atoms with Crippen LogP contribution in [0.15, 0.2) is 24.3 Å². The van der Waals surface area contributed by atoms with Gasteiger partial charge in [-0.2, -0.15) is 8.78 Å². The minimum absolute atomic E-state index is 0.00440. The van der Waals surface area contributed by atoms with Crippen molar-refractivity contribution >= 4 is 0 Å². The maximum Gasteiger partial charge on any atom is 0.387 e. The molecule has 0 saturated carbocycles. The molecule has 0 aliphatic heterocycles. The van der Waals surface area contributed by atoms with Crippen LogP contribution in [0.4, 0.5) is 8.78 Å². The zero-order valence-electron chi connectivity index (χ0n) is 12.9. The molecule has 1 unspecified atom stereocenters. The van der Waals surface area contributed by atoms with E-state index in [9.17, 15) is 13.9 Å². The number of hydrogen-bond donors (Lipinski definition) is 2. The number of benzene rings is 1. The highest BCUT2D eigenvalue weighted by Gasteiger charge is 2.25. The van der Waals surface area contributed by atoms with E-state index in [0.29, 0.717) is 6.54 Å². The van der Waals surface area contributed by atoms with Crippen molar-refractivity contribution in [3.8, 4) is 5.75 Å². The zero-order valence-corrected chi connectivity index (χ0v) is 12.9. The SMILES string of the molecule is CCC(CC)(CO)CNC(C)c1cccc(OC(F)F)c1. The molecule has 3 nitrogen and oxygen atoms in total. The Bertz CT molecular complexity index is 414. The molecule has 2 N–H and O–H groups in total. The van der Waals surface area contributed by atoms with Crippen LogP contribution in [0, 0.1) is 5.41 Å². The maximum absolute atomic E-state index is 12.2. The fourth-order valence-electron chi connectivity index (χ4n) is 2.23. The highest BCUT2D eigenvalue weighted by molar-refractivity contribution is 5.30. The number of rotatable bonds is 9. The molecule has 0 aliphatic carbocycles. The molecule has 21 heavy (non-hydrogen) atoms. The Morgan fingerprint density at radius 2 is 1.95 bits per heavy atom. The van der Waals surface area contributed by atoms with E-state index in [4.69, 9.17) is 0 Å². The molecule has 0 bridgehead atoms. The van der Waals surface area contributed by atoms with Crippen molar-refractivity contribution in [1.29, 1.82) is 0 Å². The minimum Gasteiger partial charge on any atom is -0.435 e. The summed E-state index contributed by atoms with van der Waals surface area (Å²) >= 11 is 0. The Hall–Kier alpha value is -1.20. The van der Waals surface area contributed by atoms with Gasteiger partial charge in [-0.15, -0.1) is 0 Å². The Morgan fingerprint density at radius 1 is 1.29 bits per heavy atom. The van der Waals surface area contributed by atoms with E-state index in [0.717, 1.165) is 18.4 Å². The van der Waals surface area contributed by atoms with Gasteiger partial charge in [0, 0.05) is 24.6 Å². The second kappa shape index (κ2) is 8.29. The third-order valence-corrected chi connectivity index (χ3v) is 4.20. The third-order valence-electron chi connectivity index (χ3n) is 4.20. The van der Waals surface area contributed by atoms with Crippen LogP contribution < -0.4 is 10.1 Å². The molecule has 0 radical (unpaired) electrons. The van der Waals surface area contributed by atoms with Crippen LogP contribution in [0.3, 0.4) is 0 Å². The summed E-state index contributed by atoms with van der Waals surface area (Å²) < 4.78 is 28.9. The van der Waals surface area contributed by atoms with Crippen molar-refractivity contribution in [3.63, 3.8) is 0 Å². The van der Waals surface area contributed by atoms with Gasteiger partial charge in [-0.05, 0) is 37.5 Å². The number of aliphatic hydroxyl groups is 1. The van der Waals surface area contributed by atoms with Gasteiger partial charge in [0.15, 0.2) is 0 Å². The molecule has 0 aliphatic rings. The van der Waals surface area contributed by atoms with Crippen molar-refractivity contribution in [2.75, 3.05) is 13.2 Å². The minimum atomic E-state index is -2.81. The first-order chi connectivity index (χ1) is 9.96. The van der Waals surface area contributed by atoms with Crippen molar-refractivity contribution in [2.24, 2.45) is 5.41 Å².